The van der Waals surface area contributed by atoms with Gasteiger partial charge in [0.15, 0.2) is 0 Å². The van der Waals surface area contributed by atoms with E-state index in [1.54, 1.807) is 0 Å². The van der Waals surface area contributed by atoms with Gasteiger partial charge in [-0.15, -0.1) is 0 Å². The van der Waals surface area contributed by atoms with Gasteiger partial charge >= 0.3 is 0 Å². The van der Waals surface area contributed by atoms with E-state index in [0.717, 1.165) is 25.0 Å². The molecule has 0 amide bonds. The Labute approximate surface area is 114 Å². The molecular weight excluding hydrogens is 240 g/mol. The third kappa shape index (κ3) is 3.10. The number of hydrogen-bond acceptors (Lipinski definition) is 3. The normalized spacial score (nSPS) is 33.9. The van der Waals surface area contributed by atoms with Crippen molar-refractivity contribution in [3.63, 3.8) is 0 Å². The van der Waals surface area contributed by atoms with Gasteiger partial charge in [-0.05, 0) is 56.1 Å². The van der Waals surface area contributed by atoms with Crippen LogP contribution in [0.3, 0.4) is 0 Å². The van der Waals surface area contributed by atoms with Gasteiger partial charge in [-0.1, -0.05) is 18.2 Å². The molecule has 104 valence electrons. The summed E-state index contributed by atoms with van der Waals surface area (Å²) in [6.45, 7) is -0.155. The first-order chi connectivity index (χ1) is 9.35. The van der Waals surface area contributed by atoms with Crippen LogP contribution in [0, 0.1) is 11.8 Å². The van der Waals surface area contributed by atoms with Crippen LogP contribution in [0.5, 0.6) is 5.75 Å². The minimum Gasteiger partial charge on any atom is -0.490 e. The van der Waals surface area contributed by atoms with Crippen molar-refractivity contribution in [2.24, 2.45) is 11.8 Å². The molecule has 4 rings (SSSR count). The standard InChI is InChI=1S/C16H22O3/c17-11-18-16-9-12-6-7-13(16)10-15(8-12)19-14-4-2-1-3-5-14/h1-5,12-13,15-17H,6-11H2/t12-,13+,15+,16?/m0/s1. The van der Waals surface area contributed by atoms with Crippen LogP contribution in [0.15, 0.2) is 30.3 Å². The zero-order valence-corrected chi connectivity index (χ0v) is 11.2. The second-order valence-electron chi connectivity index (χ2n) is 5.80. The Morgan fingerprint density at radius 1 is 1.05 bits per heavy atom. The van der Waals surface area contributed by atoms with Crippen LogP contribution in [-0.4, -0.2) is 24.1 Å². The highest BCUT2D eigenvalue weighted by atomic mass is 16.6. The third-order valence-corrected chi connectivity index (χ3v) is 4.53. The average molecular weight is 262 g/mol. The van der Waals surface area contributed by atoms with E-state index in [4.69, 9.17) is 14.6 Å². The molecule has 1 N–H and O–H groups in total. The highest BCUT2D eigenvalue weighted by Crippen LogP contribution is 2.41. The zero-order valence-electron chi connectivity index (χ0n) is 11.2. The van der Waals surface area contributed by atoms with Gasteiger partial charge in [0.1, 0.15) is 12.5 Å². The van der Waals surface area contributed by atoms with Crippen LogP contribution < -0.4 is 4.74 Å². The zero-order chi connectivity index (χ0) is 13.1. The Morgan fingerprint density at radius 2 is 1.89 bits per heavy atom. The molecule has 3 fully saturated rings. The highest BCUT2D eigenvalue weighted by molar-refractivity contribution is 5.21. The topological polar surface area (TPSA) is 38.7 Å². The summed E-state index contributed by atoms with van der Waals surface area (Å²) in [5, 5.41) is 8.99. The Hall–Kier alpha value is -1.06. The number of hydrogen-bond donors (Lipinski definition) is 1. The average Bonchev–Trinajstić information content (AvgIpc) is 2.71. The predicted octanol–water partition coefficient (Wildman–Crippen LogP) is 2.98. The highest BCUT2D eigenvalue weighted by Gasteiger charge is 2.38. The summed E-state index contributed by atoms with van der Waals surface area (Å²) in [6, 6.07) is 10.1. The van der Waals surface area contributed by atoms with Crippen LogP contribution >= 0.6 is 0 Å². The lowest BCUT2D eigenvalue weighted by Crippen LogP contribution is -2.30. The quantitative estimate of drug-likeness (QED) is 0.848. The Morgan fingerprint density at radius 3 is 2.68 bits per heavy atom. The van der Waals surface area contributed by atoms with E-state index < -0.39 is 0 Å². The van der Waals surface area contributed by atoms with Crippen molar-refractivity contribution >= 4 is 0 Å². The molecule has 3 aliphatic carbocycles. The summed E-state index contributed by atoms with van der Waals surface area (Å²) in [5.74, 6) is 2.19. The van der Waals surface area contributed by atoms with Gasteiger partial charge in [0.2, 0.25) is 0 Å². The molecule has 0 radical (unpaired) electrons. The number of aliphatic hydroxyl groups is 1. The van der Waals surface area contributed by atoms with Crippen LogP contribution in [0.25, 0.3) is 0 Å². The smallest absolute Gasteiger partial charge is 0.143 e. The first-order valence-electron chi connectivity index (χ1n) is 7.29. The van der Waals surface area contributed by atoms with Gasteiger partial charge in [0.25, 0.3) is 0 Å². The van der Waals surface area contributed by atoms with E-state index >= 15 is 0 Å². The molecule has 0 saturated heterocycles. The number of fused-ring (bicyclic) bond motifs is 4. The monoisotopic (exact) mass is 262 g/mol. The molecule has 0 aliphatic heterocycles. The predicted molar refractivity (Wildman–Crippen MR) is 72.9 cm³/mol. The van der Waals surface area contributed by atoms with Crippen molar-refractivity contribution in [3.05, 3.63) is 30.3 Å². The van der Waals surface area contributed by atoms with Crippen LogP contribution in [0.1, 0.15) is 32.1 Å². The number of ether oxygens (including phenoxy) is 2. The molecule has 2 bridgehead atoms. The molecule has 0 heterocycles. The van der Waals surface area contributed by atoms with E-state index in [2.05, 4.69) is 0 Å². The van der Waals surface area contributed by atoms with Crippen molar-refractivity contribution in [2.75, 3.05) is 6.79 Å². The summed E-state index contributed by atoms with van der Waals surface area (Å²) in [6.07, 6.45) is 6.28. The lowest BCUT2D eigenvalue weighted by atomic mass is 9.82. The third-order valence-electron chi connectivity index (χ3n) is 4.53. The van der Waals surface area contributed by atoms with E-state index in [1.165, 1.54) is 12.8 Å². The van der Waals surface area contributed by atoms with Crippen LogP contribution in [0.2, 0.25) is 0 Å². The van der Waals surface area contributed by atoms with Gasteiger partial charge < -0.3 is 14.6 Å². The van der Waals surface area contributed by atoms with E-state index in [1.807, 2.05) is 30.3 Å². The van der Waals surface area contributed by atoms with Crippen molar-refractivity contribution in [2.45, 2.75) is 44.3 Å². The maximum Gasteiger partial charge on any atom is 0.143 e. The van der Waals surface area contributed by atoms with E-state index in [9.17, 15) is 0 Å². The van der Waals surface area contributed by atoms with E-state index in [0.29, 0.717) is 17.9 Å². The fourth-order valence-corrected chi connectivity index (χ4v) is 3.65. The molecular formula is C16H22O3. The molecule has 1 aromatic carbocycles. The maximum absolute atomic E-state index is 8.99. The van der Waals surface area contributed by atoms with Crippen molar-refractivity contribution < 1.29 is 14.6 Å². The summed E-state index contributed by atoms with van der Waals surface area (Å²) >= 11 is 0. The van der Waals surface area contributed by atoms with Gasteiger partial charge in [-0.25, -0.2) is 0 Å². The minimum atomic E-state index is -0.155. The number of rotatable bonds is 4. The lowest BCUT2D eigenvalue weighted by Gasteiger charge is -2.31. The summed E-state index contributed by atoms with van der Waals surface area (Å²) in [5.41, 5.74) is 0. The van der Waals surface area contributed by atoms with E-state index in [-0.39, 0.29) is 12.9 Å². The largest absolute Gasteiger partial charge is 0.490 e. The first kappa shape index (κ1) is 12.9. The SMILES string of the molecule is OCOC1C[C@H]2CC[C@@H]1C[C@H](Oc1ccccc1)C2. The summed E-state index contributed by atoms with van der Waals surface area (Å²) < 4.78 is 11.6. The summed E-state index contributed by atoms with van der Waals surface area (Å²) in [7, 11) is 0. The van der Waals surface area contributed by atoms with Gasteiger partial charge in [-0.2, -0.15) is 0 Å². The van der Waals surface area contributed by atoms with Crippen molar-refractivity contribution in [1.29, 1.82) is 0 Å². The fourth-order valence-electron chi connectivity index (χ4n) is 3.65. The number of para-hydroxylation sites is 1. The fraction of sp³-hybridized carbons (Fsp3) is 0.625. The first-order valence-corrected chi connectivity index (χ1v) is 7.29. The molecule has 3 saturated carbocycles. The Balaban J connectivity index is 1.66. The maximum atomic E-state index is 8.99. The molecule has 0 spiro atoms. The molecule has 0 aromatic heterocycles. The lowest BCUT2D eigenvalue weighted by molar-refractivity contribution is -0.0910. The second kappa shape index (κ2) is 5.93. The Bertz CT molecular complexity index is 392. The number of benzene rings is 1. The molecule has 19 heavy (non-hydrogen) atoms. The van der Waals surface area contributed by atoms with Gasteiger partial charge in [0, 0.05) is 0 Å². The molecule has 1 aromatic rings. The van der Waals surface area contributed by atoms with Crippen LogP contribution in [-0.2, 0) is 4.74 Å². The number of aliphatic hydroxyl groups excluding tert-OH is 1. The van der Waals surface area contributed by atoms with Crippen molar-refractivity contribution in [1.82, 2.24) is 0 Å². The summed E-state index contributed by atoms with van der Waals surface area (Å²) in [4.78, 5) is 0. The van der Waals surface area contributed by atoms with Crippen LogP contribution in [0.4, 0.5) is 0 Å². The van der Waals surface area contributed by atoms with Crippen molar-refractivity contribution in [3.8, 4) is 5.75 Å². The molecule has 4 atom stereocenters. The van der Waals surface area contributed by atoms with Gasteiger partial charge in [0.05, 0.1) is 12.2 Å². The molecule has 3 nitrogen and oxygen atoms in total. The molecule has 3 heteroatoms. The minimum absolute atomic E-state index is 0.155. The Kier molecular flexibility index (Phi) is 4.04. The molecule has 3 aliphatic rings. The molecule has 1 unspecified atom stereocenters. The second-order valence-corrected chi connectivity index (χ2v) is 5.80. The van der Waals surface area contributed by atoms with Gasteiger partial charge in [-0.3, -0.25) is 0 Å².